The van der Waals surface area contributed by atoms with Crippen LogP contribution in [0.3, 0.4) is 0 Å². The Kier molecular flexibility index (Phi) is 17.6. The largest absolute Gasteiger partial charge is 0.457 e. The number of amides is 9. The zero-order valence-electron chi connectivity index (χ0n) is 43.4. The van der Waals surface area contributed by atoms with E-state index in [2.05, 4.69) is 37.2 Å². The minimum Gasteiger partial charge on any atom is -0.457 e. The smallest absolute Gasteiger partial charge is 0.411 e. The lowest BCUT2D eigenvalue weighted by atomic mass is 9.85. The van der Waals surface area contributed by atoms with Gasteiger partial charge in [-0.15, -0.1) is 0 Å². The van der Waals surface area contributed by atoms with Crippen molar-refractivity contribution in [3.63, 3.8) is 0 Å². The Morgan fingerprint density at radius 1 is 0.859 bits per heavy atom. The Hall–Kier alpha value is -8.15. The van der Waals surface area contributed by atoms with Crippen molar-refractivity contribution in [2.75, 3.05) is 44.6 Å². The summed E-state index contributed by atoms with van der Waals surface area (Å²) in [7, 11) is 0. The molecule has 1 saturated heterocycles. The summed E-state index contributed by atoms with van der Waals surface area (Å²) >= 11 is 3.58. The molecule has 2 aromatic carbocycles. The molecule has 0 aliphatic carbocycles. The monoisotopic (exact) mass is 1140 g/mol. The van der Waals surface area contributed by atoms with E-state index in [1.165, 1.54) is 22.0 Å². The maximum Gasteiger partial charge on any atom is 0.411 e. The molecule has 4 aromatic rings. The molecule has 412 valence electrons. The molecule has 4 aliphatic rings. The van der Waals surface area contributed by atoms with Crippen LogP contribution in [-0.4, -0.2) is 129 Å². The standard InChI is InChI=1S/C54H61BrN10O13/c1-4-54(37-27-41-46-33(26-35-38(55)10-8-11-39(35)59-46)28-65(41)49(71)36(37)30-76-50(54)72)78-53(75)63-24-22-62(23-25-63)52(74)77-29-32-14-16-34(17-15-32)58-47(69)40(12-9-20-57-51(56)73)60-48(70)45(31(2)3)61-42(66)13-6-5-7-21-64-43(67)18-19-44(64)68/h8,10-11,14-19,26-27,31,40,45H,4-7,9,12-13,20-25,28-30H2,1-3H3,(H,58,69)(H,60,70)(H,61,66)(H3,56,57,73)/t40-,45-,54-/m0/s1. The number of fused-ring (bicyclic) bond motifs is 5. The lowest BCUT2D eigenvalue weighted by Gasteiger charge is -2.39. The lowest BCUT2D eigenvalue weighted by molar-refractivity contribution is -0.173. The predicted octanol–water partition coefficient (Wildman–Crippen LogP) is 4.44. The van der Waals surface area contributed by atoms with E-state index >= 15 is 0 Å². The van der Waals surface area contributed by atoms with Gasteiger partial charge < -0.3 is 55.6 Å². The highest BCUT2D eigenvalue weighted by atomic mass is 79.9. The number of nitrogens with one attached hydrogen (secondary N) is 4. The second kappa shape index (κ2) is 24.5. The number of unbranched alkanes of at least 4 members (excludes halogenated alkanes) is 2. The van der Waals surface area contributed by atoms with Crippen molar-refractivity contribution < 1.29 is 57.4 Å². The second-order valence-corrected chi connectivity index (χ2v) is 20.6. The molecule has 78 heavy (non-hydrogen) atoms. The van der Waals surface area contributed by atoms with Crippen LogP contribution in [-0.2, 0) is 68.3 Å². The van der Waals surface area contributed by atoms with Crippen molar-refractivity contribution >= 4 is 86.2 Å². The van der Waals surface area contributed by atoms with Crippen molar-refractivity contribution in [2.45, 2.75) is 103 Å². The fourth-order valence-corrected chi connectivity index (χ4v) is 10.2. The predicted molar refractivity (Wildman–Crippen MR) is 285 cm³/mol. The normalized spacial score (nSPS) is 17.2. The Morgan fingerprint density at radius 2 is 1.56 bits per heavy atom. The van der Waals surface area contributed by atoms with Crippen molar-refractivity contribution in [3.8, 4) is 11.4 Å². The minimum atomic E-state index is -1.92. The van der Waals surface area contributed by atoms with Crippen molar-refractivity contribution in [1.82, 2.24) is 40.2 Å². The van der Waals surface area contributed by atoms with Crippen molar-refractivity contribution in [1.29, 1.82) is 0 Å². The van der Waals surface area contributed by atoms with E-state index in [0.717, 1.165) is 20.3 Å². The maximum absolute atomic E-state index is 14.0. The first-order chi connectivity index (χ1) is 37.4. The Bertz CT molecular complexity index is 3120. The van der Waals surface area contributed by atoms with Gasteiger partial charge in [0.2, 0.25) is 23.3 Å². The zero-order valence-corrected chi connectivity index (χ0v) is 45.0. The average molecular weight is 1140 g/mol. The number of nitrogens with zero attached hydrogens (tertiary/aromatic N) is 5. The summed E-state index contributed by atoms with van der Waals surface area (Å²) < 4.78 is 19.6. The lowest BCUT2D eigenvalue weighted by Crippen LogP contribution is -2.54. The third-order valence-corrected chi connectivity index (χ3v) is 14.9. The van der Waals surface area contributed by atoms with Crippen LogP contribution in [0.4, 0.5) is 20.1 Å². The molecule has 2 aromatic heterocycles. The molecule has 3 atom stereocenters. The molecule has 6 heterocycles. The molecule has 0 unspecified atom stereocenters. The topological polar surface area (TPSA) is 300 Å². The van der Waals surface area contributed by atoms with Gasteiger partial charge in [-0.2, -0.15) is 0 Å². The number of hydrogen-bond donors (Lipinski definition) is 5. The van der Waals surface area contributed by atoms with E-state index in [9.17, 15) is 47.9 Å². The number of halogens is 1. The van der Waals surface area contributed by atoms with Gasteiger partial charge in [0.15, 0.2) is 0 Å². The Labute approximate surface area is 456 Å². The minimum absolute atomic E-state index is 0.0182. The maximum atomic E-state index is 14.0. The first-order valence-electron chi connectivity index (χ1n) is 25.9. The number of ether oxygens (including phenoxy) is 3. The van der Waals surface area contributed by atoms with Crippen LogP contribution in [0.15, 0.2) is 76.0 Å². The van der Waals surface area contributed by atoms with E-state index in [1.54, 1.807) is 55.7 Å². The summed E-state index contributed by atoms with van der Waals surface area (Å²) in [5.41, 5.74) is 6.98. The van der Waals surface area contributed by atoms with Crippen molar-refractivity contribution in [2.24, 2.45) is 11.7 Å². The number of nitrogens with two attached hydrogens (primary N) is 1. The SMILES string of the molecule is CC[C@@]1(OC(=O)N2CCN(C(=O)OCc3ccc(NC(=O)[C@H](CCCNC(N)=O)NC(=O)[C@@H](NC(=O)CCCCCN4C(=O)C=CC4=O)C(C)C)cc3)CC2)C(=O)OCc2c1cc1n(c2=O)Cc2cc3c(Br)cccc3nc2-1. The fraction of sp³-hybridized carbons (Fsp3) is 0.426. The van der Waals surface area contributed by atoms with Gasteiger partial charge in [0, 0.05) is 84.5 Å². The Balaban J connectivity index is 0.817. The number of cyclic esters (lactones) is 1. The number of pyridine rings is 2. The van der Waals surface area contributed by atoms with Gasteiger partial charge >= 0.3 is 24.2 Å². The molecule has 0 saturated carbocycles. The highest BCUT2D eigenvalue weighted by molar-refractivity contribution is 9.10. The Morgan fingerprint density at radius 3 is 2.24 bits per heavy atom. The van der Waals surface area contributed by atoms with E-state index in [-0.39, 0.29) is 125 Å². The first kappa shape index (κ1) is 56.1. The summed E-state index contributed by atoms with van der Waals surface area (Å²) in [6.07, 6.45) is 2.98. The van der Waals surface area contributed by atoms with Gasteiger partial charge in [0.25, 0.3) is 17.4 Å². The third kappa shape index (κ3) is 12.5. The molecule has 4 aliphatic heterocycles. The number of hydrogen-bond acceptors (Lipinski definition) is 14. The molecule has 24 heteroatoms. The molecule has 23 nitrogen and oxygen atoms in total. The molecular weight excluding hydrogens is 1080 g/mol. The van der Waals surface area contributed by atoms with Gasteiger partial charge in [-0.3, -0.25) is 33.7 Å². The summed E-state index contributed by atoms with van der Waals surface area (Å²) in [6.45, 7) is 5.71. The van der Waals surface area contributed by atoms with Gasteiger partial charge in [0.1, 0.15) is 25.3 Å². The van der Waals surface area contributed by atoms with Crippen LogP contribution in [0.1, 0.15) is 88.0 Å². The van der Waals surface area contributed by atoms with Crippen LogP contribution in [0.5, 0.6) is 0 Å². The molecule has 0 spiro atoms. The highest BCUT2D eigenvalue weighted by Gasteiger charge is 2.51. The van der Waals surface area contributed by atoms with Crippen LogP contribution in [0.2, 0.25) is 0 Å². The first-order valence-corrected chi connectivity index (χ1v) is 26.7. The van der Waals surface area contributed by atoms with E-state index < -0.39 is 53.7 Å². The zero-order chi connectivity index (χ0) is 55.8. The van der Waals surface area contributed by atoms with Crippen LogP contribution >= 0.6 is 15.9 Å². The summed E-state index contributed by atoms with van der Waals surface area (Å²) in [5, 5.41) is 11.6. The number of benzene rings is 2. The van der Waals surface area contributed by atoms with E-state index in [4.69, 9.17) is 24.9 Å². The van der Waals surface area contributed by atoms with E-state index in [0.29, 0.717) is 47.4 Å². The number of esters is 1. The number of aromatic nitrogens is 2. The molecule has 0 bridgehead atoms. The number of primary amides is 1. The third-order valence-electron chi connectivity index (χ3n) is 14.2. The number of carbonyl (C=O) groups is 9. The number of piperazine rings is 1. The van der Waals surface area contributed by atoms with Crippen LogP contribution < -0.4 is 32.6 Å². The number of carbonyl (C=O) groups excluding carboxylic acids is 9. The van der Waals surface area contributed by atoms with E-state index in [1.807, 2.05) is 24.3 Å². The quantitative estimate of drug-likeness (QED) is 0.0312. The molecule has 6 N–H and O–H groups in total. The molecular formula is C54H61BrN10O13. The summed E-state index contributed by atoms with van der Waals surface area (Å²) in [6, 6.07) is 13.0. The summed E-state index contributed by atoms with van der Waals surface area (Å²) in [4.78, 5) is 139. The van der Waals surface area contributed by atoms with Gasteiger partial charge in [-0.25, -0.2) is 24.2 Å². The molecule has 0 radical (unpaired) electrons. The van der Waals surface area contributed by atoms with Crippen molar-refractivity contribution in [3.05, 3.63) is 104 Å². The average Bonchev–Trinajstić information content (AvgIpc) is 4.16. The van der Waals surface area contributed by atoms with Gasteiger partial charge in [-0.05, 0) is 80.0 Å². The van der Waals surface area contributed by atoms with Crippen LogP contribution in [0, 0.1) is 5.92 Å². The number of urea groups is 1. The second-order valence-electron chi connectivity index (χ2n) is 19.7. The molecule has 8 rings (SSSR count). The number of rotatable bonds is 20. The molecule has 9 amide bonds. The van der Waals surface area contributed by atoms with Gasteiger partial charge in [0.05, 0.1) is 29.0 Å². The van der Waals surface area contributed by atoms with Gasteiger partial charge in [-0.1, -0.05) is 61.3 Å². The highest BCUT2D eigenvalue weighted by Crippen LogP contribution is 2.42. The number of anilines is 1. The fourth-order valence-electron chi connectivity index (χ4n) is 9.77. The summed E-state index contributed by atoms with van der Waals surface area (Å²) in [5.74, 6) is -3.42. The van der Waals surface area contributed by atoms with Crippen LogP contribution in [0.25, 0.3) is 22.3 Å². The molecule has 1 fully saturated rings. The number of imide groups is 1.